The van der Waals surface area contributed by atoms with Gasteiger partial charge in [-0.1, -0.05) is 35.5 Å². The molecule has 7 heteroatoms. The molecule has 3 aromatic rings. The molecular formula is C21H20ClN3O2S. The first-order valence-corrected chi connectivity index (χ1v) is 9.96. The van der Waals surface area contributed by atoms with Crippen LogP contribution in [0.2, 0.25) is 5.02 Å². The number of nitrogens with zero attached hydrogens (tertiary/aromatic N) is 2. The van der Waals surface area contributed by atoms with Gasteiger partial charge in [0.15, 0.2) is 5.16 Å². The number of aromatic nitrogens is 2. The van der Waals surface area contributed by atoms with E-state index in [1.54, 1.807) is 31.4 Å². The minimum atomic E-state index is -0.119. The largest absolute Gasteiger partial charge is 0.497 e. The van der Waals surface area contributed by atoms with Crippen LogP contribution >= 0.6 is 23.4 Å². The molecule has 1 heterocycles. The summed E-state index contributed by atoms with van der Waals surface area (Å²) in [6, 6.07) is 14.9. The lowest BCUT2D eigenvalue weighted by Gasteiger charge is -2.10. The van der Waals surface area contributed by atoms with E-state index >= 15 is 0 Å². The normalized spacial score (nSPS) is 10.5. The second-order valence-electron chi connectivity index (χ2n) is 5.90. The van der Waals surface area contributed by atoms with E-state index in [-0.39, 0.29) is 11.7 Å². The summed E-state index contributed by atoms with van der Waals surface area (Å²) in [5.41, 5.74) is 2.65. The van der Waals surface area contributed by atoms with Gasteiger partial charge in [0.25, 0.3) is 0 Å². The molecule has 0 bridgehead atoms. The Balaban J connectivity index is 1.72. The number of imidazole rings is 1. The molecule has 5 nitrogen and oxygen atoms in total. The molecule has 0 spiro atoms. The molecule has 0 aliphatic heterocycles. The molecule has 3 rings (SSSR count). The molecule has 28 heavy (non-hydrogen) atoms. The number of methoxy groups -OCH3 is 1. The number of rotatable bonds is 8. The highest BCUT2D eigenvalue weighted by Crippen LogP contribution is 2.28. The van der Waals surface area contributed by atoms with Gasteiger partial charge in [0, 0.05) is 22.8 Å². The highest BCUT2D eigenvalue weighted by molar-refractivity contribution is 7.99. The molecule has 144 valence electrons. The number of carbonyl (C=O) groups excluding carboxylic acids is 1. The molecule has 1 N–H and O–H groups in total. The molecule has 0 aliphatic rings. The number of ether oxygens (including phenoxy) is 1. The summed E-state index contributed by atoms with van der Waals surface area (Å²) in [6.45, 7) is 4.43. The number of benzene rings is 2. The number of carbonyl (C=O) groups is 1. The summed E-state index contributed by atoms with van der Waals surface area (Å²) >= 11 is 7.33. The zero-order chi connectivity index (χ0) is 19.9. The zero-order valence-electron chi connectivity index (χ0n) is 15.4. The fourth-order valence-corrected chi connectivity index (χ4v) is 3.64. The van der Waals surface area contributed by atoms with Crippen molar-refractivity contribution in [2.45, 2.75) is 11.7 Å². The highest BCUT2D eigenvalue weighted by Gasteiger charge is 2.13. The first-order valence-electron chi connectivity index (χ1n) is 8.59. The van der Waals surface area contributed by atoms with Crippen molar-refractivity contribution in [1.82, 2.24) is 9.55 Å². The van der Waals surface area contributed by atoms with Crippen LogP contribution in [0, 0.1) is 0 Å². The number of hydrogen-bond acceptors (Lipinski definition) is 4. The second-order valence-corrected chi connectivity index (χ2v) is 7.28. The average Bonchev–Trinajstić information content (AvgIpc) is 3.09. The lowest BCUT2D eigenvalue weighted by Crippen LogP contribution is -2.14. The van der Waals surface area contributed by atoms with Crippen LogP contribution < -0.4 is 10.1 Å². The van der Waals surface area contributed by atoms with Gasteiger partial charge < -0.3 is 14.6 Å². The summed E-state index contributed by atoms with van der Waals surface area (Å²) in [4.78, 5) is 16.8. The van der Waals surface area contributed by atoms with Gasteiger partial charge in [0.1, 0.15) is 5.75 Å². The highest BCUT2D eigenvalue weighted by atomic mass is 35.5. The fourth-order valence-electron chi connectivity index (χ4n) is 2.67. The van der Waals surface area contributed by atoms with E-state index in [0.29, 0.717) is 17.3 Å². The number of halogens is 1. The Kier molecular flexibility index (Phi) is 6.79. The van der Waals surface area contributed by atoms with Crippen LogP contribution in [-0.2, 0) is 11.3 Å². The van der Waals surface area contributed by atoms with Crippen molar-refractivity contribution in [2.75, 3.05) is 18.2 Å². The fraction of sp³-hybridized carbons (Fsp3) is 0.143. The maximum absolute atomic E-state index is 12.3. The standard InChI is InChI=1S/C21H20ClN3O2S/c1-3-11-25-19(15-7-9-18(27-2)10-8-15)13-23-21(25)28-14-20(26)24-17-6-4-5-16(22)12-17/h3-10,12-13H,1,11,14H2,2H3,(H,24,26). The van der Waals surface area contributed by atoms with E-state index in [1.165, 1.54) is 11.8 Å². The Labute approximate surface area is 173 Å². The summed E-state index contributed by atoms with van der Waals surface area (Å²) in [5.74, 6) is 0.917. The molecule has 1 aromatic heterocycles. The number of allylic oxidation sites excluding steroid dienone is 1. The Morgan fingerprint density at radius 3 is 2.79 bits per heavy atom. The lowest BCUT2D eigenvalue weighted by molar-refractivity contribution is -0.113. The van der Waals surface area contributed by atoms with Gasteiger partial charge in [-0.3, -0.25) is 4.79 Å². The second kappa shape index (κ2) is 9.48. The van der Waals surface area contributed by atoms with E-state index < -0.39 is 0 Å². The van der Waals surface area contributed by atoms with Crippen LogP contribution in [-0.4, -0.2) is 28.3 Å². The van der Waals surface area contributed by atoms with Crippen molar-refractivity contribution >= 4 is 35.0 Å². The van der Waals surface area contributed by atoms with Crippen molar-refractivity contribution in [3.63, 3.8) is 0 Å². The van der Waals surface area contributed by atoms with Gasteiger partial charge in [-0.2, -0.15) is 0 Å². The van der Waals surface area contributed by atoms with Crippen LogP contribution in [0.15, 0.2) is 72.5 Å². The number of anilines is 1. The minimum absolute atomic E-state index is 0.119. The Hall–Kier alpha value is -2.70. The first-order chi connectivity index (χ1) is 13.6. The third-order valence-corrected chi connectivity index (χ3v) is 5.18. The molecule has 0 saturated heterocycles. The predicted octanol–water partition coefficient (Wildman–Crippen LogP) is 5.13. The topological polar surface area (TPSA) is 56.2 Å². The molecule has 1 amide bonds. The van der Waals surface area contributed by atoms with Crippen molar-refractivity contribution < 1.29 is 9.53 Å². The Bertz CT molecular complexity index is 970. The summed E-state index contributed by atoms with van der Waals surface area (Å²) < 4.78 is 7.25. The molecule has 0 fully saturated rings. The summed E-state index contributed by atoms with van der Waals surface area (Å²) in [6.07, 6.45) is 3.62. The first kappa shape index (κ1) is 20.0. The molecule has 0 saturated carbocycles. The van der Waals surface area contributed by atoms with Gasteiger partial charge in [-0.15, -0.1) is 6.58 Å². The van der Waals surface area contributed by atoms with Crippen LogP contribution in [0.4, 0.5) is 5.69 Å². The average molecular weight is 414 g/mol. The van der Waals surface area contributed by atoms with Crippen molar-refractivity contribution in [3.05, 3.63) is 72.4 Å². The van der Waals surface area contributed by atoms with Gasteiger partial charge >= 0.3 is 0 Å². The van der Waals surface area contributed by atoms with Gasteiger partial charge in [-0.25, -0.2) is 4.98 Å². The van der Waals surface area contributed by atoms with Crippen LogP contribution in [0.5, 0.6) is 5.75 Å². The zero-order valence-corrected chi connectivity index (χ0v) is 17.0. The third-order valence-electron chi connectivity index (χ3n) is 3.96. The van der Waals surface area contributed by atoms with E-state index in [0.717, 1.165) is 22.2 Å². The quantitative estimate of drug-likeness (QED) is 0.411. The van der Waals surface area contributed by atoms with Gasteiger partial charge in [-0.05, 0) is 42.5 Å². The number of nitrogens with one attached hydrogen (secondary N) is 1. The van der Waals surface area contributed by atoms with Crippen molar-refractivity contribution in [3.8, 4) is 17.0 Å². The summed E-state index contributed by atoms with van der Waals surface area (Å²) in [7, 11) is 1.64. The van der Waals surface area contributed by atoms with Crippen LogP contribution in [0.25, 0.3) is 11.3 Å². The van der Waals surface area contributed by atoms with Crippen LogP contribution in [0.3, 0.4) is 0 Å². The van der Waals surface area contributed by atoms with Crippen molar-refractivity contribution in [2.24, 2.45) is 0 Å². The maximum Gasteiger partial charge on any atom is 0.234 e. The lowest BCUT2D eigenvalue weighted by atomic mass is 10.1. The molecule has 0 aliphatic carbocycles. The molecule has 0 atom stereocenters. The third kappa shape index (κ3) is 4.97. The molecule has 2 aromatic carbocycles. The molecule has 0 radical (unpaired) electrons. The number of hydrogen-bond donors (Lipinski definition) is 1. The SMILES string of the molecule is C=CCn1c(-c2ccc(OC)cc2)cnc1SCC(=O)Nc1cccc(Cl)c1. The van der Waals surface area contributed by atoms with E-state index in [9.17, 15) is 4.79 Å². The Morgan fingerprint density at radius 2 is 2.11 bits per heavy atom. The van der Waals surface area contributed by atoms with Crippen molar-refractivity contribution in [1.29, 1.82) is 0 Å². The smallest absolute Gasteiger partial charge is 0.234 e. The minimum Gasteiger partial charge on any atom is -0.497 e. The molecule has 0 unspecified atom stereocenters. The number of thioether (sulfide) groups is 1. The Morgan fingerprint density at radius 1 is 1.32 bits per heavy atom. The van der Waals surface area contributed by atoms with Gasteiger partial charge in [0.2, 0.25) is 5.91 Å². The van der Waals surface area contributed by atoms with E-state index in [4.69, 9.17) is 16.3 Å². The van der Waals surface area contributed by atoms with Crippen LogP contribution in [0.1, 0.15) is 0 Å². The van der Waals surface area contributed by atoms with E-state index in [2.05, 4.69) is 16.9 Å². The monoisotopic (exact) mass is 413 g/mol. The van der Waals surface area contributed by atoms with Gasteiger partial charge in [0.05, 0.1) is 24.8 Å². The maximum atomic E-state index is 12.3. The predicted molar refractivity (Wildman–Crippen MR) is 115 cm³/mol. The number of amides is 1. The van der Waals surface area contributed by atoms with E-state index in [1.807, 2.05) is 41.1 Å². The summed E-state index contributed by atoms with van der Waals surface area (Å²) in [5, 5.41) is 4.18. The molecular weight excluding hydrogens is 394 g/mol.